The number of carbonyl (C=O) groups excluding carboxylic acids is 2. The number of aryl methyl sites for hydroxylation is 1. The minimum absolute atomic E-state index is 0.0160. The van der Waals surface area contributed by atoms with Gasteiger partial charge in [-0.15, -0.1) is 0 Å². The van der Waals surface area contributed by atoms with Crippen LogP contribution >= 0.6 is 15.9 Å². The molecule has 0 N–H and O–H groups in total. The van der Waals surface area contributed by atoms with Crippen molar-refractivity contribution in [3.8, 4) is 11.5 Å². The molecule has 0 spiro atoms. The van der Waals surface area contributed by atoms with E-state index in [4.69, 9.17) is 18.9 Å². The van der Waals surface area contributed by atoms with Crippen molar-refractivity contribution >= 4 is 27.9 Å². The van der Waals surface area contributed by atoms with Crippen molar-refractivity contribution in [3.05, 3.63) is 58.1 Å². The molecule has 2 aromatic carbocycles. The fourth-order valence-electron chi connectivity index (χ4n) is 2.71. The number of esters is 2. The van der Waals surface area contributed by atoms with Crippen LogP contribution in [-0.2, 0) is 14.3 Å². The number of hydrogen-bond acceptors (Lipinski definition) is 6. The number of benzene rings is 2. The van der Waals surface area contributed by atoms with E-state index in [0.29, 0.717) is 23.7 Å². The van der Waals surface area contributed by atoms with E-state index in [2.05, 4.69) is 15.9 Å². The highest BCUT2D eigenvalue weighted by atomic mass is 79.9. The first-order valence-corrected chi connectivity index (χ1v) is 9.79. The van der Waals surface area contributed by atoms with Gasteiger partial charge in [0.1, 0.15) is 18.1 Å². The van der Waals surface area contributed by atoms with Gasteiger partial charge in [0, 0.05) is 6.61 Å². The molecule has 1 aliphatic rings. The fourth-order valence-corrected chi connectivity index (χ4v) is 3.32. The Labute approximate surface area is 171 Å². The standard InChI is InChI=1S/C21H21BrO6/c1-14-4-9-19(18(22)11-14)26-13-20(23)28-16-7-5-15(6-8-16)21(24)27-12-17-3-2-10-25-17/h4-9,11,17H,2-3,10,12-13H2,1H3. The zero-order chi connectivity index (χ0) is 19.9. The quantitative estimate of drug-likeness (QED) is 0.469. The third kappa shape index (κ3) is 5.81. The molecule has 1 fully saturated rings. The summed E-state index contributed by atoms with van der Waals surface area (Å²) in [6, 6.07) is 11.8. The average molecular weight is 449 g/mol. The molecule has 1 unspecified atom stereocenters. The third-order valence-electron chi connectivity index (χ3n) is 4.18. The summed E-state index contributed by atoms with van der Waals surface area (Å²) in [6.07, 6.45) is 1.88. The molecule has 1 atom stereocenters. The Bertz CT molecular complexity index is 827. The van der Waals surface area contributed by atoms with Gasteiger partial charge >= 0.3 is 11.9 Å². The highest BCUT2D eigenvalue weighted by molar-refractivity contribution is 9.10. The first kappa shape index (κ1) is 20.4. The summed E-state index contributed by atoms with van der Waals surface area (Å²) < 4.78 is 22.1. The molecule has 0 radical (unpaired) electrons. The molecule has 7 heteroatoms. The Balaban J connectivity index is 1.46. The second-order valence-electron chi connectivity index (χ2n) is 6.45. The van der Waals surface area contributed by atoms with Gasteiger partial charge < -0.3 is 18.9 Å². The number of ether oxygens (including phenoxy) is 4. The Hall–Kier alpha value is -2.38. The van der Waals surface area contributed by atoms with Crippen LogP contribution in [0.1, 0.15) is 28.8 Å². The van der Waals surface area contributed by atoms with Crippen LogP contribution in [0.5, 0.6) is 11.5 Å². The van der Waals surface area contributed by atoms with Crippen LogP contribution in [0.15, 0.2) is 46.9 Å². The normalized spacial score (nSPS) is 15.9. The highest BCUT2D eigenvalue weighted by Crippen LogP contribution is 2.25. The predicted molar refractivity (Wildman–Crippen MR) is 106 cm³/mol. The topological polar surface area (TPSA) is 71.1 Å². The molecule has 1 heterocycles. The van der Waals surface area contributed by atoms with Crippen molar-refractivity contribution in [1.29, 1.82) is 0 Å². The molecule has 1 aliphatic heterocycles. The van der Waals surface area contributed by atoms with Crippen molar-refractivity contribution < 1.29 is 28.5 Å². The van der Waals surface area contributed by atoms with Crippen molar-refractivity contribution in [2.75, 3.05) is 19.8 Å². The Morgan fingerprint density at radius 2 is 1.96 bits per heavy atom. The van der Waals surface area contributed by atoms with E-state index in [1.807, 2.05) is 19.1 Å². The third-order valence-corrected chi connectivity index (χ3v) is 4.80. The fraction of sp³-hybridized carbons (Fsp3) is 0.333. The van der Waals surface area contributed by atoms with Gasteiger partial charge in [-0.1, -0.05) is 6.07 Å². The minimum Gasteiger partial charge on any atom is -0.481 e. The summed E-state index contributed by atoms with van der Waals surface area (Å²) in [5.74, 6) is -0.0822. The lowest BCUT2D eigenvalue weighted by Crippen LogP contribution is -2.18. The minimum atomic E-state index is -0.541. The van der Waals surface area contributed by atoms with Gasteiger partial charge in [0.05, 0.1) is 16.1 Å². The lowest BCUT2D eigenvalue weighted by molar-refractivity contribution is -0.136. The molecule has 28 heavy (non-hydrogen) atoms. The van der Waals surface area contributed by atoms with E-state index in [-0.39, 0.29) is 19.3 Å². The van der Waals surface area contributed by atoms with Gasteiger partial charge in [-0.05, 0) is 77.7 Å². The van der Waals surface area contributed by atoms with Gasteiger partial charge in [0.2, 0.25) is 0 Å². The molecule has 0 saturated carbocycles. The molecular weight excluding hydrogens is 428 g/mol. The Morgan fingerprint density at radius 1 is 1.18 bits per heavy atom. The van der Waals surface area contributed by atoms with E-state index >= 15 is 0 Å². The second-order valence-corrected chi connectivity index (χ2v) is 7.31. The summed E-state index contributed by atoms with van der Waals surface area (Å²) in [5, 5.41) is 0. The molecule has 0 amide bonds. The van der Waals surface area contributed by atoms with Crippen LogP contribution in [0, 0.1) is 6.92 Å². The average Bonchev–Trinajstić information content (AvgIpc) is 3.19. The number of carbonyl (C=O) groups is 2. The van der Waals surface area contributed by atoms with E-state index < -0.39 is 11.9 Å². The monoisotopic (exact) mass is 448 g/mol. The molecule has 2 aromatic rings. The second kappa shape index (κ2) is 9.71. The van der Waals surface area contributed by atoms with Crippen LogP contribution in [-0.4, -0.2) is 37.9 Å². The van der Waals surface area contributed by atoms with Gasteiger partial charge in [-0.3, -0.25) is 0 Å². The maximum atomic E-state index is 12.0. The predicted octanol–water partition coefficient (Wildman–Crippen LogP) is 4.08. The lowest BCUT2D eigenvalue weighted by atomic mass is 10.2. The van der Waals surface area contributed by atoms with Gasteiger partial charge in [0.25, 0.3) is 0 Å². The van der Waals surface area contributed by atoms with Crippen LogP contribution in [0.25, 0.3) is 0 Å². The van der Waals surface area contributed by atoms with E-state index in [1.54, 1.807) is 30.3 Å². The Morgan fingerprint density at radius 3 is 2.64 bits per heavy atom. The molecule has 148 valence electrons. The largest absolute Gasteiger partial charge is 0.481 e. The zero-order valence-electron chi connectivity index (χ0n) is 15.5. The Kier molecular flexibility index (Phi) is 7.06. The molecule has 0 bridgehead atoms. The summed E-state index contributed by atoms with van der Waals surface area (Å²) in [4.78, 5) is 24.0. The lowest BCUT2D eigenvalue weighted by Gasteiger charge is -2.11. The first-order chi connectivity index (χ1) is 13.5. The van der Waals surface area contributed by atoms with Crippen molar-refractivity contribution in [2.24, 2.45) is 0 Å². The van der Waals surface area contributed by atoms with Crippen molar-refractivity contribution in [2.45, 2.75) is 25.9 Å². The highest BCUT2D eigenvalue weighted by Gasteiger charge is 2.18. The summed E-state index contributed by atoms with van der Waals surface area (Å²) in [6.45, 7) is 2.70. The molecule has 6 nitrogen and oxygen atoms in total. The molecule has 0 aliphatic carbocycles. The van der Waals surface area contributed by atoms with E-state index in [0.717, 1.165) is 22.9 Å². The van der Waals surface area contributed by atoms with Crippen LogP contribution in [0.2, 0.25) is 0 Å². The number of hydrogen-bond donors (Lipinski definition) is 0. The van der Waals surface area contributed by atoms with Crippen molar-refractivity contribution in [3.63, 3.8) is 0 Å². The molecule has 0 aromatic heterocycles. The molecule has 1 saturated heterocycles. The van der Waals surface area contributed by atoms with Crippen LogP contribution in [0.4, 0.5) is 0 Å². The van der Waals surface area contributed by atoms with E-state index in [9.17, 15) is 9.59 Å². The summed E-state index contributed by atoms with van der Waals surface area (Å²) in [5.41, 5.74) is 1.47. The first-order valence-electron chi connectivity index (χ1n) is 8.99. The smallest absolute Gasteiger partial charge is 0.349 e. The number of halogens is 1. The van der Waals surface area contributed by atoms with Crippen LogP contribution in [0.3, 0.4) is 0 Å². The summed E-state index contributed by atoms with van der Waals surface area (Å²) in [7, 11) is 0. The SMILES string of the molecule is Cc1ccc(OCC(=O)Oc2ccc(C(=O)OCC3CCCO3)cc2)c(Br)c1. The zero-order valence-corrected chi connectivity index (χ0v) is 17.1. The van der Waals surface area contributed by atoms with Gasteiger partial charge in [-0.25, -0.2) is 9.59 Å². The maximum absolute atomic E-state index is 12.0. The summed E-state index contributed by atoms with van der Waals surface area (Å²) >= 11 is 3.39. The maximum Gasteiger partial charge on any atom is 0.349 e. The van der Waals surface area contributed by atoms with Crippen molar-refractivity contribution in [1.82, 2.24) is 0 Å². The number of rotatable bonds is 7. The molecular formula is C21H21BrO6. The van der Waals surface area contributed by atoms with Gasteiger partial charge in [0.15, 0.2) is 6.61 Å². The van der Waals surface area contributed by atoms with E-state index in [1.165, 1.54) is 0 Å². The van der Waals surface area contributed by atoms with Crippen LogP contribution < -0.4 is 9.47 Å². The van der Waals surface area contributed by atoms with Gasteiger partial charge in [-0.2, -0.15) is 0 Å². The molecule has 3 rings (SSSR count).